The maximum absolute atomic E-state index is 13.6. The molecule has 32 heavy (non-hydrogen) atoms. The number of piperidine rings is 1. The van der Waals surface area contributed by atoms with E-state index < -0.39 is 5.54 Å². The Bertz CT molecular complexity index is 989. The summed E-state index contributed by atoms with van der Waals surface area (Å²) in [6.07, 6.45) is 1.42. The molecule has 3 heterocycles. The molecule has 7 heteroatoms. The average molecular weight is 440 g/mol. The molecule has 0 saturated carbocycles. The maximum atomic E-state index is 13.6. The zero-order valence-corrected chi connectivity index (χ0v) is 19.4. The highest BCUT2D eigenvalue weighted by Gasteiger charge is 2.56. The molecule has 2 aliphatic rings. The minimum absolute atomic E-state index is 0.0166. The highest BCUT2D eigenvalue weighted by atomic mass is 16.4. The highest BCUT2D eigenvalue weighted by molar-refractivity contribution is 6.02. The molecule has 1 aromatic heterocycles. The van der Waals surface area contributed by atoms with Crippen LogP contribution >= 0.6 is 0 Å². The number of hydrogen-bond acceptors (Lipinski definition) is 5. The molecule has 1 fully saturated rings. The molecule has 0 radical (unpaired) electrons. The number of carbonyl (C=O) groups is 2. The first-order chi connectivity index (χ1) is 15.3. The number of hydrogen-bond donors (Lipinski definition) is 1. The first-order valence-electron chi connectivity index (χ1n) is 11.3. The second-order valence-electron chi connectivity index (χ2n) is 9.43. The molecule has 7 nitrogen and oxygen atoms in total. The van der Waals surface area contributed by atoms with E-state index in [1.807, 2.05) is 49.1 Å². The number of benzene rings is 1. The third kappa shape index (κ3) is 3.73. The molecule has 1 unspecified atom stereocenters. The fraction of sp³-hybridized carbons (Fsp3) is 0.520. The van der Waals surface area contributed by atoms with Gasteiger partial charge in [-0.15, -0.1) is 0 Å². The SMILES string of the molecule is CC(C)N1C(=O)c2ccccc2C(C(=O)N(C)C)C12CCN(Cc1ccc(CO)o1)CC2. The van der Waals surface area contributed by atoms with Crippen molar-refractivity contribution in [2.24, 2.45) is 0 Å². The summed E-state index contributed by atoms with van der Waals surface area (Å²) >= 11 is 0. The van der Waals surface area contributed by atoms with E-state index in [4.69, 9.17) is 4.42 Å². The van der Waals surface area contributed by atoms with Gasteiger partial charge in [0.2, 0.25) is 5.91 Å². The fourth-order valence-corrected chi connectivity index (χ4v) is 5.51. The molecule has 1 aromatic carbocycles. The highest BCUT2D eigenvalue weighted by Crippen LogP contribution is 2.48. The Kier molecular flexibility index (Phi) is 6.14. The lowest BCUT2D eigenvalue weighted by Crippen LogP contribution is -2.66. The van der Waals surface area contributed by atoms with Crippen molar-refractivity contribution < 1.29 is 19.1 Å². The Morgan fingerprint density at radius 3 is 2.41 bits per heavy atom. The van der Waals surface area contributed by atoms with Gasteiger partial charge in [0.1, 0.15) is 18.1 Å². The van der Waals surface area contributed by atoms with E-state index in [2.05, 4.69) is 4.90 Å². The van der Waals surface area contributed by atoms with Gasteiger partial charge in [0.15, 0.2) is 0 Å². The molecule has 4 rings (SSSR count). The van der Waals surface area contributed by atoms with Crippen LogP contribution in [-0.4, -0.2) is 70.4 Å². The number of aliphatic hydroxyl groups excluding tert-OH is 1. The predicted molar refractivity (Wildman–Crippen MR) is 121 cm³/mol. The minimum atomic E-state index is -0.559. The van der Waals surface area contributed by atoms with Crippen LogP contribution in [0.3, 0.4) is 0 Å². The molecule has 1 spiro atoms. The van der Waals surface area contributed by atoms with Crippen LogP contribution in [0.25, 0.3) is 0 Å². The summed E-state index contributed by atoms with van der Waals surface area (Å²) in [6.45, 7) is 6.12. The van der Waals surface area contributed by atoms with E-state index in [0.717, 1.165) is 24.4 Å². The number of fused-ring (bicyclic) bond motifs is 1. The summed E-state index contributed by atoms with van der Waals surface area (Å²) < 4.78 is 5.67. The second-order valence-corrected chi connectivity index (χ2v) is 9.43. The van der Waals surface area contributed by atoms with E-state index in [1.54, 1.807) is 25.1 Å². The van der Waals surface area contributed by atoms with Crippen LogP contribution in [0.5, 0.6) is 0 Å². The van der Waals surface area contributed by atoms with Crippen molar-refractivity contribution in [3.05, 3.63) is 59.0 Å². The van der Waals surface area contributed by atoms with Crippen LogP contribution in [-0.2, 0) is 17.9 Å². The minimum Gasteiger partial charge on any atom is -0.462 e. The summed E-state index contributed by atoms with van der Waals surface area (Å²) in [5, 5.41) is 9.25. The molecule has 0 aliphatic carbocycles. The Hall–Kier alpha value is -2.64. The van der Waals surface area contributed by atoms with Gasteiger partial charge in [-0.25, -0.2) is 0 Å². The van der Waals surface area contributed by atoms with E-state index >= 15 is 0 Å². The number of carbonyl (C=O) groups excluding carboxylic acids is 2. The van der Waals surface area contributed by atoms with Crippen LogP contribution in [0.15, 0.2) is 40.8 Å². The average Bonchev–Trinajstić information content (AvgIpc) is 3.22. The number of likely N-dealkylation sites (tertiary alicyclic amines) is 1. The van der Waals surface area contributed by atoms with Crippen LogP contribution in [0.2, 0.25) is 0 Å². The number of nitrogens with zero attached hydrogens (tertiary/aromatic N) is 3. The van der Waals surface area contributed by atoms with Gasteiger partial charge in [-0.2, -0.15) is 0 Å². The Balaban J connectivity index is 1.69. The van der Waals surface area contributed by atoms with Gasteiger partial charge < -0.3 is 19.3 Å². The standard InChI is InChI=1S/C25H33N3O4/c1-17(2)28-23(30)21-8-6-5-7-20(21)22(24(31)26(3)4)25(28)11-13-27(14-12-25)15-18-9-10-19(16-29)32-18/h5-10,17,22,29H,11-16H2,1-4H3. The number of likely N-dealkylation sites (N-methyl/N-ethyl adjacent to an activating group) is 1. The van der Waals surface area contributed by atoms with Crippen LogP contribution in [0.4, 0.5) is 0 Å². The first-order valence-corrected chi connectivity index (χ1v) is 11.3. The van der Waals surface area contributed by atoms with Gasteiger partial charge in [-0.05, 0) is 50.5 Å². The topological polar surface area (TPSA) is 77.2 Å². The molecular weight excluding hydrogens is 406 g/mol. The molecule has 1 saturated heterocycles. The predicted octanol–water partition coefficient (Wildman–Crippen LogP) is 2.84. The lowest BCUT2D eigenvalue weighted by atomic mass is 9.66. The molecule has 2 aromatic rings. The molecular formula is C25H33N3O4. The molecule has 0 bridgehead atoms. The van der Waals surface area contributed by atoms with Crippen LogP contribution in [0.1, 0.15) is 60.0 Å². The number of aliphatic hydroxyl groups is 1. The smallest absolute Gasteiger partial charge is 0.254 e. The molecule has 2 aliphatic heterocycles. The van der Waals surface area contributed by atoms with E-state index in [9.17, 15) is 14.7 Å². The van der Waals surface area contributed by atoms with Gasteiger partial charge in [0.05, 0.1) is 18.0 Å². The Morgan fingerprint density at radius 1 is 1.16 bits per heavy atom. The van der Waals surface area contributed by atoms with Crippen molar-refractivity contribution >= 4 is 11.8 Å². The van der Waals surface area contributed by atoms with E-state index in [0.29, 0.717) is 30.7 Å². The third-order valence-corrected chi connectivity index (χ3v) is 6.92. The van der Waals surface area contributed by atoms with E-state index in [-0.39, 0.29) is 30.4 Å². The first kappa shape index (κ1) is 22.6. The molecule has 1 N–H and O–H groups in total. The molecule has 172 valence electrons. The zero-order chi connectivity index (χ0) is 23.0. The van der Waals surface area contributed by atoms with Gasteiger partial charge in [-0.3, -0.25) is 14.5 Å². The monoisotopic (exact) mass is 439 g/mol. The number of amides is 2. The second kappa shape index (κ2) is 8.71. The summed E-state index contributed by atoms with van der Waals surface area (Å²) in [5.41, 5.74) is 0.929. The molecule has 2 amide bonds. The normalized spacial score (nSPS) is 20.6. The van der Waals surface area contributed by atoms with Crippen LogP contribution < -0.4 is 0 Å². The van der Waals surface area contributed by atoms with Crippen molar-refractivity contribution in [2.75, 3.05) is 27.2 Å². The van der Waals surface area contributed by atoms with Crippen molar-refractivity contribution in [2.45, 2.75) is 57.3 Å². The van der Waals surface area contributed by atoms with Crippen LogP contribution in [0, 0.1) is 0 Å². The summed E-state index contributed by atoms with van der Waals surface area (Å²) in [4.78, 5) is 33.1. The summed E-state index contributed by atoms with van der Waals surface area (Å²) in [6, 6.07) is 11.3. The lowest BCUT2D eigenvalue weighted by Gasteiger charge is -2.56. The van der Waals surface area contributed by atoms with Crippen molar-refractivity contribution in [1.29, 1.82) is 0 Å². The third-order valence-electron chi connectivity index (χ3n) is 6.92. The zero-order valence-electron chi connectivity index (χ0n) is 19.4. The Morgan fingerprint density at radius 2 is 1.81 bits per heavy atom. The van der Waals surface area contributed by atoms with Crippen molar-refractivity contribution in [3.8, 4) is 0 Å². The maximum Gasteiger partial charge on any atom is 0.254 e. The largest absolute Gasteiger partial charge is 0.462 e. The van der Waals surface area contributed by atoms with Gasteiger partial charge in [-0.1, -0.05) is 18.2 Å². The van der Waals surface area contributed by atoms with E-state index in [1.165, 1.54) is 0 Å². The van der Waals surface area contributed by atoms with Gasteiger partial charge >= 0.3 is 0 Å². The fourth-order valence-electron chi connectivity index (χ4n) is 5.51. The number of rotatable bonds is 5. The van der Waals surface area contributed by atoms with Gasteiger partial charge in [0.25, 0.3) is 5.91 Å². The van der Waals surface area contributed by atoms with Gasteiger partial charge in [0, 0.05) is 38.8 Å². The number of furan rings is 1. The summed E-state index contributed by atoms with van der Waals surface area (Å²) in [7, 11) is 3.58. The quantitative estimate of drug-likeness (QED) is 0.775. The Labute approximate surface area is 189 Å². The summed E-state index contributed by atoms with van der Waals surface area (Å²) in [5.74, 6) is 1.05. The molecule has 1 atom stereocenters. The lowest BCUT2D eigenvalue weighted by molar-refractivity contribution is -0.136. The van der Waals surface area contributed by atoms with Crippen molar-refractivity contribution in [3.63, 3.8) is 0 Å². The van der Waals surface area contributed by atoms with Crippen molar-refractivity contribution in [1.82, 2.24) is 14.7 Å².